The van der Waals surface area contributed by atoms with Gasteiger partial charge in [-0.3, -0.25) is 4.79 Å². The highest BCUT2D eigenvalue weighted by Crippen LogP contribution is 2.40. The molecule has 1 heterocycles. The molecule has 0 amide bonds. The average molecular weight is 389 g/mol. The lowest BCUT2D eigenvalue weighted by molar-refractivity contribution is 0.104. The van der Waals surface area contributed by atoms with Crippen LogP contribution in [0.5, 0.6) is 0 Å². The SMILES string of the molecule is CCc1ccc(N2C=C(C(=O)c3ccccc3)S(=O)(=O)c3ccccc32)cc1. The number of para-hydroxylation sites is 1. The molecule has 0 spiro atoms. The molecule has 0 saturated carbocycles. The first-order valence-corrected chi connectivity index (χ1v) is 10.5. The molecule has 0 N–H and O–H groups in total. The Morgan fingerprint density at radius 3 is 2.18 bits per heavy atom. The van der Waals surface area contributed by atoms with Crippen molar-refractivity contribution in [2.45, 2.75) is 18.2 Å². The van der Waals surface area contributed by atoms with Crippen LogP contribution in [0, 0.1) is 0 Å². The number of fused-ring (bicyclic) bond motifs is 1. The van der Waals surface area contributed by atoms with Crippen molar-refractivity contribution < 1.29 is 13.2 Å². The maximum absolute atomic E-state index is 13.2. The summed E-state index contributed by atoms with van der Waals surface area (Å²) in [6.07, 6.45) is 2.35. The summed E-state index contributed by atoms with van der Waals surface area (Å²) in [5.74, 6) is -0.509. The molecule has 0 atom stereocenters. The van der Waals surface area contributed by atoms with Crippen LogP contribution in [-0.4, -0.2) is 14.2 Å². The van der Waals surface area contributed by atoms with Gasteiger partial charge in [0.2, 0.25) is 15.6 Å². The normalized spacial score (nSPS) is 14.9. The minimum Gasteiger partial charge on any atom is -0.314 e. The van der Waals surface area contributed by atoms with Crippen molar-refractivity contribution in [1.29, 1.82) is 0 Å². The maximum Gasteiger partial charge on any atom is 0.214 e. The Bertz CT molecular complexity index is 1160. The molecule has 28 heavy (non-hydrogen) atoms. The van der Waals surface area contributed by atoms with Crippen molar-refractivity contribution in [1.82, 2.24) is 0 Å². The zero-order valence-corrected chi connectivity index (χ0v) is 16.2. The van der Waals surface area contributed by atoms with Crippen LogP contribution >= 0.6 is 0 Å². The Balaban J connectivity index is 1.90. The quantitative estimate of drug-likeness (QED) is 0.596. The van der Waals surface area contributed by atoms with Crippen molar-refractivity contribution in [3.8, 4) is 0 Å². The number of Topliss-reactive ketones (excluding diaryl/α,β-unsaturated/α-hetero) is 1. The molecule has 4 nitrogen and oxygen atoms in total. The van der Waals surface area contributed by atoms with E-state index >= 15 is 0 Å². The van der Waals surface area contributed by atoms with Crippen molar-refractivity contribution in [3.05, 3.63) is 101 Å². The van der Waals surface area contributed by atoms with Gasteiger partial charge >= 0.3 is 0 Å². The van der Waals surface area contributed by atoms with Gasteiger partial charge in [0.05, 0.1) is 10.6 Å². The number of rotatable bonds is 4. The van der Waals surface area contributed by atoms with Gasteiger partial charge in [-0.25, -0.2) is 8.42 Å². The Kier molecular flexibility index (Phi) is 4.61. The molecule has 1 aliphatic rings. The second-order valence-electron chi connectivity index (χ2n) is 6.55. The smallest absolute Gasteiger partial charge is 0.214 e. The van der Waals surface area contributed by atoms with E-state index in [1.165, 1.54) is 11.8 Å². The van der Waals surface area contributed by atoms with Crippen molar-refractivity contribution in [2.75, 3.05) is 4.90 Å². The van der Waals surface area contributed by atoms with Crippen LogP contribution in [-0.2, 0) is 16.3 Å². The van der Waals surface area contributed by atoms with Gasteiger partial charge in [-0.05, 0) is 36.2 Å². The maximum atomic E-state index is 13.2. The molecule has 0 aromatic heterocycles. The largest absolute Gasteiger partial charge is 0.314 e. The van der Waals surface area contributed by atoms with E-state index in [1.807, 2.05) is 24.3 Å². The van der Waals surface area contributed by atoms with Gasteiger partial charge in [-0.2, -0.15) is 0 Å². The average Bonchev–Trinajstić information content (AvgIpc) is 2.74. The first kappa shape index (κ1) is 18.2. The first-order chi connectivity index (χ1) is 13.5. The van der Waals surface area contributed by atoms with E-state index in [0.29, 0.717) is 11.3 Å². The summed E-state index contributed by atoms with van der Waals surface area (Å²) in [6.45, 7) is 2.08. The highest BCUT2D eigenvalue weighted by atomic mass is 32.2. The highest BCUT2D eigenvalue weighted by Gasteiger charge is 2.35. The number of ketones is 1. The third-order valence-electron chi connectivity index (χ3n) is 4.83. The molecule has 5 heteroatoms. The second kappa shape index (κ2) is 7.09. The first-order valence-electron chi connectivity index (χ1n) is 9.06. The van der Waals surface area contributed by atoms with Crippen molar-refractivity contribution in [2.24, 2.45) is 0 Å². The molecular formula is C23H19NO3S. The van der Waals surface area contributed by atoms with E-state index in [1.54, 1.807) is 59.5 Å². The Morgan fingerprint density at radius 2 is 1.50 bits per heavy atom. The summed E-state index contributed by atoms with van der Waals surface area (Å²) in [5, 5.41) is 0. The van der Waals surface area contributed by atoms with E-state index in [0.717, 1.165) is 12.1 Å². The summed E-state index contributed by atoms with van der Waals surface area (Å²) in [4.78, 5) is 14.7. The zero-order chi connectivity index (χ0) is 19.7. The van der Waals surface area contributed by atoms with Gasteiger partial charge in [0.15, 0.2) is 0 Å². The minimum atomic E-state index is -3.91. The number of anilines is 2. The number of nitrogens with zero attached hydrogens (tertiary/aromatic N) is 1. The number of aryl methyl sites for hydroxylation is 1. The molecular weight excluding hydrogens is 370 g/mol. The summed E-state index contributed by atoms with van der Waals surface area (Å²) < 4.78 is 26.4. The Morgan fingerprint density at radius 1 is 0.857 bits per heavy atom. The summed E-state index contributed by atoms with van der Waals surface area (Å²) in [6, 6.07) is 23.1. The summed E-state index contributed by atoms with van der Waals surface area (Å²) >= 11 is 0. The van der Waals surface area contributed by atoms with Gasteiger partial charge in [0.1, 0.15) is 4.91 Å². The molecule has 4 rings (SSSR count). The number of hydrogen-bond donors (Lipinski definition) is 0. The summed E-state index contributed by atoms with van der Waals surface area (Å²) in [7, 11) is -3.91. The van der Waals surface area contributed by atoms with Gasteiger partial charge in [-0.15, -0.1) is 0 Å². The van der Waals surface area contributed by atoms with E-state index in [-0.39, 0.29) is 9.80 Å². The number of sulfone groups is 1. The predicted molar refractivity (Wildman–Crippen MR) is 110 cm³/mol. The predicted octanol–water partition coefficient (Wildman–Crippen LogP) is 4.90. The molecule has 0 bridgehead atoms. The Hall–Kier alpha value is -3.18. The molecule has 0 fully saturated rings. The number of benzene rings is 3. The van der Waals surface area contributed by atoms with Crippen LogP contribution in [0.3, 0.4) is 0 Å². The molecule has 1 aliphatic heterocycles. The standard InChI is InChI=1S/C23H19NO3S/c1-2-17-12-14-19(15-13-17)24-16-22(23(25)18-8-4-3-5-9-18)28(26,27)21-11-7-6-10-20(21)24/h3-16H,2H2,1H3. The van der Waals surface area contributed by atoms with Crippen LogP contribution < -0.4 is 4.90 Å². The monoisotopic (exact) mass is 389 g/mol. The van der Waals surface area contributed by atoms with Crippen LogP contribution in [0.25, 0.3) is 0 Å². The number of allylic oxidation sites excluding steroid dienone is 1. The minimum absolute atomic E-state index is 0.136. The van der Waals surface area contributed by atoms with Crippen LogP contribution in [0.15, 0.2) is 94.9 Å². The van der Waals surface area contributed by atoms with Gasteiger partial charge in [0.25, 0.3) is 0 Å². The van der Waals surface area contributed by atoms with Gasteiger partial charge in [-0.1, -0.05) is 61.5 Å². The molecule has 0 aliphatic carbocycles. The lowest BCUT2D eigenvalue weighted by Gasteiger charge is -2.29. The van der Waals surface area contributed by atoms with E-state index in [9.17, 15) is 13.2 Å². The molecule has 0 radical (unpaired) electrons. The number of carbonyl (C=O) groups excluding carboxylic acids is 1. The van der Waals surface area contributed by atoms with E-state index in [2.05, 4.69) is 6.92 Å². The van der Waals surface area contributed by atoms with Crippen LogP contribution in [0.2, 0.25) is 0 Å². The van der Waals surface area contributed by atoms with E-state index in [4.69, 9.17) is 0 Å². The fourth-order valence-corrected chi connectivity index (χ4v) is 4.82. The molecule has 0 unspecified atom stereocenters. The lowest BCUT2D eigenvalue weighted by Crippen LogP contribution is -2.25. The third kappa shape index (κ3) is 3.04. The molecule has 140 valence electrons. The molecule has 3 aromatic carbocycles. The fourth-order valence-electron chi connectivity index (χ4n) is 3.28. The second-order valence-corrected chi connectivity index (χ2v) is 8.44. The molecule has 0 saturated heterocycles. The summed E-state index contributed by atoms with van der Waals surface area (Å²) in [5.41, 5.74) is 2.87. The fraction of sp³-hybridized carbons (Fsp3) is 0.0870. The topological polar surface area (TPSA) is 54.5 Å². The Labute approximate surface area is 164 Å². The van der Waals surface area contributed by atoms with Gasteiger partial charge < -0.3 is 4.90 Å². The third-order valence-corrected chi connectivity index (χ3v) is 6.63. The van der Waals surface area contributed by atoms with Crippen molar-refractivity contribution >= 4 is 27.0 Å². The van der Waals surface area contributed by atoms with Gasteiger partial charge in [0, 0.05) is 17.5 Å². The highest BCUT2D eigenvalue weighted by molar-refractivity contribution is 7.96. The van der Waals surface area contributed by atoms with Crippen LogP contribution in [0.1, 0.15) is 22.8 Å². The van der Waals surface area contributed by atoms with E-state index < -0.39 is 15.6 Å². The lowest BCUT2D eigenvalue weighted by atomic mass is 10.1. The van der Waals surface area contributed by atoms with Crippen molar-refractivity contribution in [3.63, 3.8) is 0 Å². The zero-order valence-electron chi connectivity index (χ0n) is 15.4. The number of hydrogen-bond acceptors (Lipinski definition) is 4. The number of carbonyl (C=O) groups is 1. The van der Waals surface area contributed by atoms with Crippen LogP contribution in [0.4, 0.5) is 11.4 Å². The molecule has 3 aromatic rings.